The molecule has 0 aliphatic carbocycles. The van der Waals surface area contributed by atoms with Crippen LogP contribution < -0.4 is 0 Å². The molecular formula is C14H12F2OS. The Morgan fingerprint density at radius 2 is 1.78 bits per heavy atom. The summed E-state index contributed by atoms with van der Waals surface area (Å²) in [6.07, 6.45) is -0.373. The van der Waals surface area contributed by atoms with Crippen molar-refractivity contribution in [1.82, 2.24) is 0 Å². The van der Waals surface area contributed by atoms with E-state index in [-0.39, 0.29) is 0 Å². The number of fused-ring (bicyclic) bond motifs is 1. The lowest BCUT2D eigenvalue weighted by Crippen LogP contribution is -2.10. The van der Waals surface area contributed by atoms with Crippen molar-refractivity contribution in [2.75, 3.05) is 6.26 Å². The molecule has 0 heterocycles. The summed E-state index contributed by atoms with van der Waals surface area (Å²) in [7, 11) is 0. The van der Waals surface area contributed by atoms with Gasteiger partial charge < -0.3 is 4.79 Å². The summed E-state index contributed by atoms with van der Waals surface area (Å²) < 4.78 is 25.3. The molecule has 2 aromatic carbocycles. The van der Waals surface area contributed by atoms with Gasteiger partial charge in [0.05, 0.1) is 0 Å². The average Bonchev–Trinajstić information content (AvgIpc) is 2.38. The molecule has 94 valence electrons. The maximum absolute atomic E-state index is 12.7. The number of rotatable bonds is 4. The molecule has 0 saturated carbocycles. The Hall–Kier alpha value is -1.42. The number of carbonyl (C=O) groups excluding carboxylic acids is 1. The maximum atomic E-state index is 12.7. The molecular weight excluding hydrogens is 254 g/mol. The van der Waals surface area contributed by atoms with Crippen molar-refractivity contribution in [1.29, 1.82) is 0 Å². The van der Waals surface area contributed by atoms with E-state index in [1.807, 2.05) is 24.5 Å². The summed E-state index contributed by atoms with van der Waals surface area (Å²) >= 11 is 1.63. The molecule has 0 fully saturated rings. The quantitative estimate of drug-likeness (QED) is 0.612. The van der Waals surface area contributed by atoms with Crippen LogP contribution in [0, 0.1) is 0 Å². The predicted octanol–water partition coefficient (Wildman–Crippen LogP) is 4.11. The number of hydrogen-bond acceptors (Lipinski definition) is 2. The Balaban J connectivity index is 2.47. The molecule has 0 aliphatic rings. The molecule has 0 bridgehead atoms. The molecule has 4 heteroatoms. The Labute approximate surface area is 108 Å². The Morgan fingerprint density at radius 3 is 2.39 bits per heavy atom. The fourth-order valence-electron chi connectivity index (χ4n) is 1.86. The van der Waals surface area contributed by atoms with Gasteiger partial charge in [-0.1, -0.05) is 24.3 Å². The smallest absolute Gasteiger partial charge is 0.252 e. The fraction of sp³-hybridized carbons (Fsp3) is 0.214. The van der Waals surface area contributed by atoms with Crippen LogP contribution in [0.2, 0.25) is 0 Å². The SMILES string of the molecule is CSc1ccc2cc(C(C=O)C(F)F)ccc2c1. The molecule has 1 atom stereocenters. The lowest BCUT2D eigenvalue weighted by Gasteiger charge is -2.10. The minimum absolute atomic E-state index is 0.308. The van der Waals surface area contributed by atoms with Gasteiger partial charge in [0, 0.05) is 4.90 Å². The van der Waals surface area contributed by atoms with Crippen molar-refractivity contribution in [2.45, 2.75) is 17.2 Å². The normalized spacial score (nSPS) is 12.9. The highest BCUT2D eigenvalue weighted by molar-refractivity contribution is 7.98. The van der Waals surface area contributed by atoms with Gasteiger partial charge in [0.1, 0.15) is 12.2 Å². The number of aldehydes is 1. The van der Waals surface area contributed by atoms with E-state index in [2.05, 4.69) is 0 Å². The standard InChI is InChI=1S/C14H12F2OS/c1-18-12-5-4-9-6-11(3-2-10(9)7-12)13(8-17)14(15)16/h2-8,13-14H,1H3. The second kappa shape index (κ2) is 5.48. The van der Waals surface area contributed by atoms with Crippen LogP contribution in [0.3, 0.4) is 0 Å². The number of benzene rings is 2. The molecule has 0 aliphatic heterocycles. The molecule has 1 nitrogen and oxygen atoms in total. The van der Waals surface area contributed by atoms with Crippen molar-refractivity contribution in [3.63, 3.8) is 0 Å². The zero-order chi connectivity index (χ0) is 13.1. The third-order valence-electron chi connectivity index (χ3n) is 2.87. The van der Waals surface area contributed by atoms with Gasteiger partial charge >= 0.3 is 0 Å². The van der Waals surface area contributed by atoms with E-state index in [9.17, 15) is 13.6 Å². The summed E-state index contributed by atoms with van der Waals surface area (Å²) in [6.45, 7) is 0. The van der Waals surface area contributed by atoms with Crippen LogP contribution in [0.15, 0.2) is 41.3 Å². The Morgan fingerprint density at radius 1 is 1.11 bits per heavy atom. The molecule has 0 spiro atoms. The van der Waals surface area contributed by atoms with Gasteiger partial charge in [0.15, 0.2) is 0 Å². The summed E-state index contributed by atoms with van der Waals surface area (Å²) in [5.41, 5.74) is 0.365. The second-order valence-corrected chi connectivity index (χ2v) is 4.85. The molecule has 2 aromatic rings. The number of halogens is 2. The zero-order valence-electron chi connectivity index (χ0n) is 9.77. The van der Waals surface area contributed by atoms with Gasteiger partial charge in [-0.3, -0.25) is 0 Å². The van der Waals surface area contributed by atoms with Gasteiger partial charge in [0.2, 0.25) is 0 Å². The Bertz CT molecular complexity index is 569. The molecule has 0 radical (unpaired) electrons. The van der Waals surface area contributed by atoms with Crippen molar-refractivity contribution >= 4 is 28.8 Å². The number of carbonyl (C=O) groups is 1. The van der Waals surface area contributed by atoms with E-state index in [0.717, 1.165) is 15.7 Å². The maximum Gasteiger partial charge on any atom is 0.252 e. The average molecular weight is 266 g/mol. The van der Waals surface area contributed by atoms with E-state index in [4.69, 9.17) is 0 Å². The fourth-order valence-corrected chi connectivity index (χ4v) is 2.31. The highest BCUT2D eigenvalue weighted by Crippen LogP contribution is 2.27. The van der Waals surface area contributed by atoms with Crippen LogP contribution in [0.4, 0.5) is 8.78 Å². The summed E-state index contributed by atoms with van der Waals surface area (Å²) in [5.74, 6) is -1.34. The first-order valence-electron chi connectivity index (χ1n) is 5.47. The van der Waals surface area contributed by atoms with E-state index in [1.165, 1.54) is 0 Å². The minimum atomic E-state index is -2.66. The van der Waals surface area contributed by atoms with Gasteiger partial charge in [-0.15, -0.1) is 11.8 Å². The lowest BCUT2D eigenvalue weighted by atomic mass is 9.98. The topological polar surface area (TPSA) is 17.1 Å². The molecule has 0 aromatic heterocycles. The van der Waals surface area contributed by atoms with Crippen LogP contribution in [0.1, 0.15) is 11.5 Å². The monoisotopic (exact) mass is 266 g/mol. The van der Waals surface area contributed by atoms with Gasteiger partial charge in [-0.2, -0.15) is 0 Å². The summed E-state index contributed by atoms with van der Waals surface area (Å²) in [6, 6.07) is 10.9. The van der Waals surface area contributed by atoms with Gasteiger partial charge in [0.25, 0.3) is 6.43 Å². The summed E-state index contributed by atoms with van der Waals surface area (Å²) in [4.78, 5) is 11.8. The number of hydrogen-bond donors (Lipinski definition) is 0. The van der Waals surface area contributed by atoms with Crippen molar-refractivity contribution in [3.8, 4) is 0 Å². The highest BCUT2D eigenvalue weighted by Gasteiger charge is 2.21. The predicted molar refractivity (Wildman–Crippen MR) is 70.5 cm³/mol. The molecule has 0 N–H and O–H groups in total. The number of thioether (sulfide) groups is 1. The van der Waals surface area contributed by atoms with Crippen LogP contribution in [-0.4, -0.2) is 19.0 Å². The molecule has 1 unspecified atom stereocenters. The Kier molecular flexibility index (Phi) is 3.97. The van der Waals surface area contributed by atoms with Crippen molar-refractivity contribution < 1.29 is 13.6 Å². The minimum Gasteiger partial charge on any atom is -0.302 e. The number of alkyl halides is 2. The van der Waals surface area contributed by atoms with Crippen molar-refractivity contribution in [3.05, 3.63) is 42.0 Å². The first-order chi connectivity index (χ1) is 8.65. The molecule has 0 amide bonds. The van der Waals surface area contributed by atoms with Gasteiger partial charge in [-0.05, 0) is 34.7 Å². The highest BCUT2D eigenvalue weighted by atomic mass is 32.2. The molecule has 18 heavy (non-hydrogen) atoms. The largest absolute Gasteiger partial charge is 0.302 e. The first-order valence-corrected chi connectivity index (χ1v) is 6.69. The zero-order valence-corrected chi connectivity index (χ0v) is 10.6. The van der Waals surface area contributed by atoms with Crippen LogP contribution in [-0.2, 0) is 4.79 Å². The third-order valence-corrected chi connectivity index (χ3v) is 3.60. The third kappa shape index (κ3) is 2.53. The first kappa shape index (κ1) is 13.0. The van der Waals surface area contributed by atoms with Gasteiger partial charge in [-0.25, -0.2) is 8.78 Å². The van der Waals surface area contributed by atoms with Crippen LogP contribution >= 0.6 is 11.8 Å². The van der Waals surface area contributed by atoms with E-state index in [1.54, 1.807) is 30.0 Å². The van der Waals surface area contributed by atoms with E-state index >= 15 is 0 Å². The van der Waals surface area contributed by atoms with Crippen molar-refractivity contribution in [2.24, 2.45) is 0 Å². The summed E-state index contributed by atoms with van der Waals surface area (Å²) in [5, 5.41) is 1.86. The van der Waals surface area contributed by atoms with E-state index < -0.39 is 12.3 Å². The molecule has 0 saturated heterocycles. The molecule has 2 rings (SSSR count). The lowest BCUT2D eigenvalue weighted by molar-refractivity contribution is -0.111. The van der Waals surface area contributed by atoms with Crippen LogP contribution in [0.25, 0.3) is 10.8 Å². The van der Waals surface area contributed by atoms with Crippen LogP contribution in [0.5, 0.6) is 0 Å². The second-order valence-electron chi connectivity index (χ2n) is 3.97. The van der Waals surface area contributed by atoms with E-state index in [0.29, 0.717) is 11.8 Å².